The van der Waals surface area contributed by atoms with E-state index in [9.17, 15) is 14.4 Å². The van der Waals surface area contributed by atoms with Crippen LogP contribution in [0.5, 0.6) is 0 Å². The van der Waals surface area contributed by atoms with Gasteiger partial charge in [0.1, 0.15) is 11.3 Å². The van der Waals surface area contributed by atoms with E-state index in [1.165, 1.54) is 13.0 Å². The molecule has 0 aliphatic heterocycles. The van der Waals surface area contributed by atoms with Crippen LogP contribution in [0.25, 0.3) is 5.69 Å². The van der Waals surface area contributed by atoms with E-state index >= 15 is 0 Å². The zero-order chi connectivity index (χ0) is 18.7. The van der Waals surface area contributed by atoms with Crippen molar-refractivity contribution in [2.75, 3.05) is 5.43 Å². The van der Waals surface area contributed by atoms with Crippen molar-refractivity contribution in [1.82, 2.24) is 9.99 Å². The second-order valence-corrected chi connectivity index (χ2v) is 5.70. The van der Waals surface area contributed by atoms with Crippen molar-refractivity contribution < 1.29 is 14.0 Å². The van der Waals surface area contributed by atoms with Gasteiger partial charge in [-0.15, -0.1) is 0 Å². The zero-order valence-corrected chi connectivity index (χ0v) is 14.3. The van der Waals surface area contributed by atoms with Crippen LogP contribution >= 0.6 is 0 Å². The van der Waals surface area contributed by atoms with Gasteiger partial charge >= 0.3 is 0 Å². The van der Waals surface area contributed by atoms with Crippen LogP contribution in [0.1, 0.15) is 33.4 Å². The molecule has 0 spiro atoms. The number of amides is 1. The van der Waals surface area contributed by atoms with Crippen LogP contribution < -0.4 is 16.3 Å². The number of anilines is 1. The lowest BCUT2D eigenvalue weighted by molar-refractivity contribution is 0.0957. The summed E-state index contributed by atoms with van der Waals surface area (Å²) in [6.07, 6.45) is 3.80. The summed E-state index contributed by atoms with van der Waals surface area (Å²) in [6.45, 7) is 2.84. The van der Waals surface area contributed by atoms with Crippen molar-refractivity contribution in [3.8, 4) is 5.69 Å². The molecule has 2 N–H and O–H groups in total. The Hall–Kier alpha value is -3.61. The normalized spacial score (nSPS) is 10.4. The van der Waals surface area contributed by atoms with E-state index < -0.39 is 17.1 Å². The average molecular weight is 351 g/mol. The molecular formula is C19H17N3O4. The van der Waals surface area contributed by atoms with Gasteiger partial charge in [-0.25, -0.2) is 0 Å². The third-order valence-electron chi connectivity index (χ3n) is 3.74. The fraction of sp³-hybridized carbons (Fsp3) is 0.105. The highest BCUT2D eigenvalue weighted by Crippen LogP contribution is 2.14. The van der Waals surface area contributed by atoms with Crippen LogP contribution in [-0.2, 0) is 0 Å². The van der Waals surface area contributed by atoms with E-state index in [0.717, 1.165) is 5.69 Å². The Morgan fingerprint density at radius 1 is 1.08 bits per heavy atom. The maximum absolute atomic E-state index is 12.3. The zero-order valence-electron chi connectivity index (χ0n) is 14.3. The molecule has 3 rings (SSSR count). The molecule has 1 aromatic carbocycles. The van der Waals surface area contributed by atoms with Crippen molar-refractivity contribution in [3.05, 3.63) is 82.0 Å². The lowest BCUT2D eigenvalue weighted by Crippen LogP contribution is -2.31. The smallest absolute Gasteiger partial charge is 0.269 e. The molecule has 26 heavy (non-hydrogen) atoms. The number of ketones is 1. The molecule has 3 aromatic rings. The van der Waals surface area contributed by atoms with E-state index in [0.29, 0.717) is 11.3 Å². The lowest BCUT2D eigenvalue weighted by Gasteiger charge is -2.11. The molecule has 0 atom stereocenters. The van der Waals surface area contributed by atoms with Crippen LogP contribution in [0, 0.1) is 6.92 Å². The summed E-state index contributed by atoms with van der Waals surface area (Å²) in [4.78, 5) is 35.9. The van der Waals surface area contributed by atoms with Gasteiger partial charge in [-0.05, 0) is 50.2 Å². The second-order valence-electron chi connectivity index (χ2n) is 5.70. The average Bonchev–Trinajstić information content (AvgIpc) is 3.13. The summed E-state index contributed by atoms with van der Waals surface area (Å²) in [5.74, 6) is -0.637. The number of aryl methyl sites for hydroxylation is 1. The number of rotatable bonds is 5. The first-order valence-electron chi connectivity index (χ1n) is 7.91. The number of Topliss-reactive ketones (excluding diaryl/α,β-unsaturated/α-hetero) is 1. The molecule has 0 aliphatic rings. The number of carbonyl (C=O) groups excluding carboxylic acids is 2. The van der Waals surface area contributed by atoms with Gasteiger partial charge in [0.25, 0.3) is 5.91 Å². The summed E-state index contributed by atoms with van der Waals surface area (Å²) in [7, 11) is 0. The van der Waals surface area contributed by atoms with Gasteiger partial charge in [-0.3, -0.25) is 25.2 Å². The van der Waals surface area contributed by atoms with Crippen molar-refractivity contribution in [1.29, 1.82) is 0 Å². The first kappa shape index (κ1) is 17.2. The third kappa shape index (κ3) is 3.56. The van der Waals surface area contributed by atoms with E-state index in [1.54, 1.807) is 19.1 Å². The fourth-order valence-corrected chi connectivity index (χ4v) is 2.51. The number of aromatic nitrogens is 1. The fourth-order valence-electron chi connectivity index (χ4n) is 2.51. The number of carbonyl (C=O) groups is 2. The number of nitrogens with zero attached hydrogens (tertiary/aromatic N) is 1. The predicted molar refractivity (Wildman–Crippen MR) is 96.6 cm³/mol. The third-order valence-corrected chi connectivity index (χ3v) is 3.74. The molecule has 0 unspecified atom stereocenters. The molecule has 132 valence electrons. The van der Waals surface area contributed by atoms with Crippen LogP contribution in [-0.4, -0.2) is 16.3 Å². The summed E-state index contributed by atoms with van der Waals surface area (Å²) >= 11 is 0. The molecule has 2 aromatic heterocycles. The Balaban J connectivity index is 1.75. The van der Waals surface area contributed by atoms with Crippen LogP contribution in [0.3, 0.4) is 0 Å². The highest BCUT2D eigenvalue weighted by Gasteiger charge is 2.16. The van der Waals surface area contributed by atoms with Crippen molar-refractivity contribution in [3.63, 3.8) is 0 Å². The largest absolute Gasteiger partial charge is 0.443 e. The maximum Gasteiger partial charge on any atom is 0.269 e. The minimum atomic E-state index is -0.464. The minimum Gasteiger partial charge on any atom is -0.443 e. The Morgan fingerprint density at radius 2 is 1.73 bits per heavy atom. The molecule has 0 aliphatic carbocycles. The molecule has 0 bridgehead atoms. The number of benzene rings is 1. The van der Waals surface area contributed by atoms with Gasteiger partial charge in [-0.2, -0.15) is 0 Å². The Labute approximate surface area is 149 Å². The number of hydrazine groups is 1. The van der Waals surface area contributed by atoms with Gasteiger partial charge in [-0.1, -0.05) is 0 Å². The highest BCUT2D eigenvalue weighted by atomic mass is 16.4. The van der Waals surface area contributed by atoms with E-state index in [1.807, 2.05) is 41.2 Å². The lowest BCUT2D eigenvalue weighted by atomic mass is 10.2. The van der Waals surface area contributed by atoms with E-state index in [4.69, 9.17) is 4.42 Å². The number of hydrogen-bond acceptors (Lipinski definition) is 5. The maximum atomic E-state index is 12.3. The standard InChI is InChI=1S/C19H17N3O4/c1-12-11-16(24)17(13(2)23)19(26-12)21-20-18(25)14-5-7-15(8-6-14)22-9-3-4-10-22/h3-11,21H,1-2H3,(H,20,25). The molecule has 0 saturated heterocycles. The predicted octanol–water partition coefficient (Wildman–Crippen LogP) is 2.70. The van der Waals surface area contributed by atoms with Crippen LogP contribution in [0.4, 0.5) is 5.88 Å². The molecule has 0 saturated carbocycles. The van der Waals surface area contributed by atoms with Gasteiger partial charge < -0.3 is 8.98 Å². The Morgan fingerprint density at radius 3 is 2.35 bits per heavy atom. The van der Waals surface area contributed by atoms with Crippen LogP contribution in [0.2, 0.25) is 0 Å². The molecule has 7 heteroatoms. The SMILES string of the molecule is CC(=O)c1c(NNC(=O)c2ccc(-n3cccc3)cc2)oc(C)cc1=O. The van der Waals surface area contributed by atoms with Crippen molar-refractivity contribution in [2.24, 2.45) is 0 Å². The van der Waals surface area contributed by atoms with Gasteiger partial charge in [0, 0.05) is 29.7 Å². The van der Waals surface area contributed by atoms with Crippen LogP contribution in [0.15, 0.2) is 64.1 Å². The number of nitrogens with one attached hydrogen (secondary N) is 2. The molecule has 7 nitrogen and oxygen atoms in total. The molecule has 0 fully saturated rings. The van der Waals surface area contributed by atoms with E-state index in [-0.39, 0.29) is 11.4 Å². The van der Waals surface area contributed by atoms with Crippen molar-refractivity contribution >= 4 is 17.6 Å². The molecule has 2 heterocycles. The topological polar surface area (TPSA) is 93.3 Å². The molecule has 0 radical (unpaired) electrons. The monoisotopic (exact) mass is 351 g/mol. The summed E-state index contributed by atoms with van der Waals surface area (Å²) in [5.41, 5.74) is 5.69. The Kier molecular flexibility index (Phi) is 4.70. The second kappa shape index (κ2) is 7.10. The first-order valence-corrected chi connectivity index (χ1v) is 7.91. The van der Waals surface area contributed by atoms with Gasteiger partial charge in [0.05, 0.1) is 0 Å². The van der Waals surface area contributed by atoms with E-state index in [2.05, 4.69) is 10.9 Å². The molecular weight excluding hydrogens is 334 g/mol. The highest BCUT2D eigenvalue weighted by molar-refractivity contribution is 5.99. The summed E-state index contributed by atoms with van der Waals surface area (Å²) in [5, 5.41) is 0. The Bertz CT molecular complexity index is 1000. The van der Waals surface area contributed by atoms with Crippen molar-refractivity contribution in [2.45, 2.75) is 13.8 Å². The first-order chi connectivity index (χ1) is 12.5. The summed E-state index contributed by atoms with van der Waals surface area (Å²) < 4.78 is 7.27. The quantitative estimate of drug-likeness (QED) is 0.544. The number of hydrogen-bond donors (Lipinski definition) is 2. The summed E-state index contributed by atoms with van der Waals surface area (Å²) in [6, 6.07) is 12.0. The van der Waals surface area contributed by atoms with Gasteiger partial charge in [0.15, 0.2) is 11.2 Å². The minimum absolute atomic E-state index is 0.0835. The van der Waals surface area contributed by atoms with Gasteiger partial charge in [0.2, 0.25) is 5.88 Å². The molecule has 1 amide bonds.